The molecule has 4 atom stereocenters. The number of thioether (sulfide) groups is 1. The molecular formula is C30H43NO6S. The van der Waals surface area contributed by atoms with Crippen molar-refractivity contribution in [2.24, 2.45) is 0 Å². The minimum absolute atomic E-state index is 0.00882. The lowest BCUT2D eigenvalue weighted by Gasteiger charge is -2.48. The van der Waals surface area contributed by atoms with Gasteiger partial charge in [-0.25, -0.2) is 4.79 Å². The van der Waals surface area contributed by atoms with Gasteiger partial charge in [0.15, 0.2) is 5.79 Å². The quantitative estimate of drug-likeness (QED) is 0.384. The molecule has 7 nitrogen and oxygen atoms in total. The van der Waals surface area contributed by atoms with Crippen molar-refractivity contribution < 1.29 is 28.5 Å². The first kappa shape index (κ1) is 29.0. The first-order valence-corrected chi connectivity index (χ1v) is 15.1. The Morgan fingerprint density at radius 1 is 1.00 bits per heavy atom. The summed E-state index contributed by atoms with van der Waals surface area (Å²) in [5, 5.41) is 0.00882. The van der Waals surface area contributed by atoms with Crippen molar-refractivity contribution in [3.8, 4) is 5.75 Å². The maximum atomic E-state index is 13.0. The molecule has 3 aliphatic rings. The van der Waals surface area contributed by atoms with E-state index in [2.05, 4.69) is 0 Å². The van der Waals surface area contributed by atoms with Crippen molar-refractivity contribution in [1.82, 2.24) is 4.90 Å². The van der Waals surface area contributed by atoms with Gasteiger partial charge in [0.05, 0.1) is 19.3 Å². The highest BCUT2D eigenvalue weighted by Crippen LogP contribution is 2.43. The highest BCUT2D eigenvalue weighted by Gasteiger charge is 2.54. The zero-order valence-corrected chi connectivity index (χ0v) is 23.9. The maximum Gasteiger partial charge on any atom is 0.330 e. The van der Waals surface area contributed by atoms with Crippen LogP contribution < -0.4 is 4.74 Å². The third kappa shape index (κ3) is 7.54. The van der Waals surface area contributed by atoms with Gasteiger partial charge in [-0.1, -0.05) is 68.0 Å². The van der Waals surface area contributed by atoms with E-state index in [1.54, 1.807) is 20.3 Å². The molecule has 0 aromatic heterocycles. The number of benzene rings is 1. The molecule has 210 valence electrons. The van der Waals surface area contributed by atoms with Gasteiger partial charge in [-0.3, -0.25) is 4.79 Å². The van der Waals surface area contributed by atoms with E-state index in [1.807, 2.05) is 36.1 Å². The number of hydrogen-bond donors (Lipinski definition) is 0. The standard InChI is InChI=1S/C30H43NO6S/c1-22-11-9-7-5-4-6-8-10-12-25-18-26(36-28(32)17-22)19-30(35-3,37-25)27-21-38-29(33)31(27)20-23-13-15-24(34-2)16-14-23/h13-17,25-27H,4-12,18-21H2,1-3H3/t25-,26-,27+,30-/m1/s1. The number of ether oxygens (including phenoxy) is 4. The van der Waals surface area contributed by atoms with E-state index in [0.717, 1.165) is 42.6 Å². The summed E-state index contributed by atoms with van der Waals surface area (Å²) in [6.07, 6.45) is 12.4. The Kier molecular flexibility index (Phi) is 10.6. The number of methoxy groups -OCH3 is 2. The average molecular weight is 546 g/mol. The minimum Gasteiger partial charge on any atom is -0.497 e. The van der Waals surface area contributed by atoms with E-state index in [9.17, 15) is 9.59 Å². The predicted molar refractivity (Wildman–Crippen MR) is 149 cm³/mol. The molecule has 3 heterocycles. The van der Waals surface area contributed by atoms with E-state index < -0.39 is 5.79 Å². The fourth-order valence-electron chi connectivity index (χ4n) is 5.87. The summed E-state index contributed by atoms with van der Waals surface area (Å²) in [6, 6.07) is 7.47. The molecule has 2 fully saturated rings. The second-order valence-electron chi connectivity index (χ2n) is 10.8. The van der Waals surface area contributed by atoms with Gasteiger partial charge in [0.1, 0.15) is 11.9 Å². The number of amides is 1. The van der Waals surface area contributed by atoms with Crippen molar-refractivity contribution >= 4 is 23.0 Å². The van der Waals surface area contributed by atoms with Crippen molar-refractivity contribution in [3.63, 3.8) is 0 Å². The van der Waals surface area contributed by atoms with Gasteiger partial charge in [0.25, 0.3) is 5.24 Å². The Labute approximate surface area is 231 Å². The molecule has 4 rings (SSSR count). The van der Waals surface area contributed by atoms with Crippen LogP contribution in [0.4, 0.5) is 4.79 Å². The van der Waals surface area contributed by atoms with Crippen molar-refractivity contribution in [2.45, 2.75) is 108 Å². The zero-order valence-electron chi connectivity index (χ0n) is 23.1. The highest BCUT2D eigenvalue weighted by molar-refractivity contribution is 8.13. The van der Waals surface area contributed by atoms with E-state index in [4.69, 9.17) is 18.9 Å². The Morgan fingerprint density at radius 2 is 1.71 bits per heavy atom. The number of allylic oxidation sites excluding steroid dienone is 1. The summed E-state index contributed by atoms with van der Waals surface area (Å²) in [7, 11) is 3.29. The molecule has 0 aliphatic carbocycles. The fraction of sp³-hybridized carbons (Fsp3) is 0.667. The van der Waals surface area contributed by atoms with Gasteiger partial charge in [0.2, 0.25) is 0 Å². The second kappa shape index (κ2) is 13.9. The smallest absolute Gasteiger partial charge is 0.330 e. The maximum absolute atomic E-state index is 13.0. The molecular weight excluding hydrogens is 502 g/mol. The molecule has 0 spiro atoms. The van der Waals surface area contributed by atoms with Crippen LogP contribution in [-0.4, -0.2) is 60.1 Å². The Morgan fingerprint density at radius 3 is 2.42 bits per heavy atom. The monoisotopic (exact) mass is 545 g/mol. The Hall–Kier alpha value is -2.03. The van der Waals surface area contributed by atoms with Gasteiger partial charge >= 0.3 is 5.97 Å². The zero-order chi connectivity index (χ0) is 27.0. The van der Waals surface area contributed by atoms with Crippen LogP contribution in [0.25, 0.3) is 0 Å². The first-order valence-electron chi connectivity index (χ1n) is 14.1. The first-order chi connectivity index (χ1) is 18.4. The second-order valence-corrected chi connectivity index (χ2v) is 11.8. The fourth-order valence-corrected chi connectivity index (χ4v) is 6.96. The number of esters is 1. The van der Waals surface area contributed by atoms with Crippen LogP contribution in [-0.2, 0) is 25.5 Å². The predicted octanol–water partition coefficient (Wildman–Crippen LogP) is 6.64. The van der Waals surface area contributed by atoms with Crippen LogP contribution in [0.15, 0.2) is 35.9 Å². The molecule has 1 aromatic rings. The third-order valence-corrected chi connectivity index (χ3v) is 8.95. The Bertz CT molecular complexity index is 966. The van der Waals surface area contributed by atoms with Crippen LogP contribution in [0.1, 0.15) is 83.1 Å². The molecule has 0 unspecified atom stereocenters. The summed E-state index contributed by atoms with van der Waals surface area (Å²) in [6.45, 7) is 2.46. The Balaban J connectivity index is 1.55. The van der Waals surface area contributed by atoms with E-state index in [1.165, 1.54) is 43.9 Å². The van der Waals surface area contributed by atoms with Crippen molar-refractivity contribution in [1.29, 1.82) is 0 Å². The van der Waals surface area contributed by atoms with Gasteiger partial charge < -0.3 is 23.8 Å². The van der Waals surface area contributed by atoms with Crippen LogP contribution >= 0.6 is 11.8 Å². The molecule has 0 saturated carbocycles. The van der Waals surface area contributed by atoms with E-state index in [-0.39, 0.29) is 29.5 Å². The minimum atomic E-state index is -1.04. The molecule has 2 saturated heterocycles. The summed E-state index contributed by atoms with van der Waals surface area (Å²) >= 11 is 1.29. The molecule has 0 N–H and O–H groups in total. The number of nitrogens with zero attached hydrogens (tertiary/aromatic N) is 1. The van der Waals surface area contributed by atoms with Crippen LogP contribution in [0.5, 0.6) is 5.75 Å². The number of fused-ring (bicyclic) bond motifs is 2. The molecule has 0 radical (unpaired) electrons. The van der Waals surface area contributed by atoms with Gasteiger partial charge in [0, 0.05) is 38.3 Å². The number of carbonyl (C=O) groups excluding carboxylic acids is 2. The van der Waals surface area contributed by atoms with Gasteiger partial charge in [-0.05, 0) is 43.9 Å². The van der Waals surface area contributed by atoms with Gasteiger partial charge in [-0.2, -0.15) is 0 Å². The lowest BCUT2D eigenvalue weighted by molar-refractivity contribution is -0.305. The lowest BCUT2D eigenvalue weighted by atomic mass is 9.90. The number of rotatable bonds is 5. The lowest BCUT2D eigenvalue weighted by Crippen LogP contribution is -2.60. The topological polar surface area (TPSA) is 74.3 Å². The molecule has 1 aromatic carbocycles. The average Bonchev–Trinajstić information content (AvgIpc) is 3.27. The summed E-state index contributed by atoms with van der Waals surface area (Å²) in [5.41, 5.74) is 2.07. The summed E-state index contributed by atoms with van der Waals surface area (Å²) in [5.74, 6) is 0.00946. The third-order valence-electron chi connectivity index (χ3n) is 7.99. The molecule has 38 heavy (non-hydrogen) atoms. The SMILES string of the molecule is COc1ccc(CN2C(=O)SC[C@H]2[C@@]2(OC)C[C@H]3C[C@@H](CCCCCCCCCC(C)=CC(=O)O3)O2)cc1. The largest absolute Gasteiger partial charge is 0.497 e. The summed E-state index contributed by atoms with van der Waals surface area (Å²) < 4.78 is 24.2. The van der Waals surface area contributed by atoms with Crippen molar-refractivity contribution in [2.75, 3.05) is 20.0 Å². The van der Waals surface area contributed by atoms with Crippen molar-refractivity contribution in [3.05, 3.63) is 41.5 Å². The molecule has 3 aliphatic heterocycles. The molecule has 8 heteroatoms. The molecule has 1 amide bonds. The van der Waals surface area contributed by atoms with E-state index in [0.29, 0.717) is 25.1 Å². The van der Waals surface area contributed by atoms with Crippen LogP contribution in [0, 0.1) is 0 Å². The number of carbonyl (C=O) groups is 2. The van der Waals surface area contributed by atoms with Gasteiger partial charge in [-0.15, -0.1) is 0 Å². The summed E-state index contributed by atoms with van der Waals surface area (Å²) in [4.78, 5) is 27.8. The highest BCUT2D eigenvalue weighted by atomic mass is 32.2. The van der Waals surface area contributed by atoms with Crippen LogP contribution in [0.3, 0.4) is 0 Å². The van der Waals surface area contributed by atoms with Crippen LogP contribution in [0.2, 0.25) is 0 Å². The number of hydrogen-bond acceptors (Lipinski definition) is 7. The molecule has 2 bridgehead atoms. The normalized spacial score (nSPS) is 30.0. The van der Waals surface area contributed by atoms with E-state index >= 15 is 0 Å².